The largest absolute Gasteiger partial charge is 0.481 e. The number of benzene rings is 3. The molecule has 0 spiro atoms. The van der Waals surface area contributed by atoms with Crippen LogP contribution < -0.4 is 10.1 Å². The summed E-state index contributed by atoms with van der Waals surface area (Å²) in [6.45, 7) is 12.1. The summed E-state index contributed by atoms with van der Waals surface area (Å²) in [6.07, 6.45) is -0.681. The third-order valence-corrected chi connectivity index (χ3v) is 5.42. The fourth-order valence-corrected chi connectivity index (χ4v) is 3.35. The minimum Gasteiger partial charge on any atom is -0.481 e. The summed E-state index contributed by atoms with van der Waals surface area (Å²) in [7, 11) is 0. The second kappa shape index (κ2) is 9.39. The molecule has 0 fully saturated rings. The molecule has 0 saturated heterocycles. The van der Waals surface area contributed by atoms with Gasteiger partial charge in [0.2, 0.25) is 0 Å². The molecule has 0 aliphatic carbocycles. The van der Waals surface area contributed by atoms with Gasteiger partial charge in [-0.2, -0.15) is 0 Å². The molecule has 0 radical (unpaired) electrons. The van der Waals surface area contributed by atoms with Crippen molar-refractivity contribution in [3.63, 3.8) is 0 Å². The molecule has 3 aromatic rings. The Labute approximate surface area is 190 Å². The number of rotatable bonds is 6. The van der Waals surface area contributed by atoms with E-state index < -0.39 is 6.10 Å². The first-order chi connectivity index (χ1) is 15.0. The highest BCUT2D eigenvalue weighted by Gasteiger charge is 2.18. The van der Waals surface area contributed by atoms with Gasteiger partial charge in [-0.15, -0.1) is 0 Å². The SMILES string of the molecule is Cc1ccc(C)c(O[C@H](C)C(=O)Nc2cccc(C(=O)c3ccc(C(C)(C)C)cc3)c2)c1. The number of anilines is 1. The van der Waals surface area contributed by atoms with Crippen molar-refractivity contribution in [2.75, 3.05) is 5.32 Å². The minimum absolute atomic E-state index is 0.0293. The lowest BCUT2D eigenvalue weighted by atomic mass is 9.86. The molecule has 3 rings (SSSR count). The van der Waals surface area contributed by atoms with Crippen LogP contribution in [-0.4, -0.2) is 17.8 Å². The van der Waals surface area contributed by atoms with E-state index in [1.807, 2.05) is 56.3 Å². The fraction of sp³-hybridized carbons (Fsp3) is 0.286. The van der Waals surface area contributed by atoms with E-state index >= 15 is 0 Å². The molecule has 0 aliphatic rings. The molecule has 3 aromatic carbocycles. The van der Waals surface area contributed by atoms with Gasteiger partial charge in [-0.3, -0.25) is 9.59 Å². The fourth-order valence-electron chi connectivity index (χ4n) is 3.35. The highest BCUT2D eigenvalue weighted by Crippen LogP contribution is 2.24. The van der Waals surface area contributed by atoms with Gasteiger partial charge >= 0.3 is 0 Å². The maximum absolute atomic E-state index is 13.0. The lowest BCUT2D eigenvalue weighted by molar-refractivity contribution is -0.122. The van der Waals surface area contributed by atoms with Crippen LogP contribution in [0.15, 0.2) is 66.7 Å². The summed E-state index contributed by atoms with van der Waals surface area (Å²) in [5.74, 6) is 0.335. The van der Waals surface area contributed by atoms with Crippen LogP contribution >= 0.6 is 0 Å². The first-order valence-corrected chi connectivity index (χ1v) is 10.8. The molecule has 166 valence electrons. The number of nitrogens with one attached hydrogen (secondary N) is 1. The van der Waals surface area contributed by atoms with Crippen molar-refractivity contribution < 1.29 is 14.3 Å². The summed E-state index contributed by atoms with van der Waals surface area (Å²) in [4.78, 5) is 25.6. The van der Waals surface area contributed by atoms with Crippen LogP contribution in [-0.2, 0) is 10.2 Å². The number of carbonyl (C=O) groups excluding carboxylic acids is 2. The van der Waals surface area contributed by atoms with E-state index in [2.05, 4.69) is 26.1 Å². The Kier molecular flexibility index (Phi) is 6.83. The molecule has 4 heteroatoms. The Morgan fingerprint density at radius 3 is 2.22 bits per heavy atom. The Hall–Kier alpha value is -3.40. The maximum atomic E-state index is 13.0. The molecule has 0 bridgehead atoms. The maximum Gasteiger partial charge on any atom is 0.265 e. The van der Waals surface area contributed by atoms with Gasteiger partial charge in [-0.05, 0) is 61.1 Å². The second-order valence-electron chi connectivity index (χ2n) is 9.26. The molecule has 0 aromatic heterocycles. The molecule has 0 heterocycles. The summed E-state index contributed by atoms with van der Waals surface area (Å²) < 4.78 is 5.87. The van der Waals surface area contributed by atoms with Crippen LogP contribution in [0.1, 0.15) is 60.3 Å². The summed E-state index contributed by atoms with van der Waals surface area (Å²) in [5.41, 5.74) is 4.95. The normalized spacial score (nSPS) is 12.2. The van der Waals surface area contributed by atoms with Gasteiger partial charge in [0.05, 0.1) is 0 Å². The van der Waals surface area contributed by atoms with Crippen LogP contribution in [0.2, 0.25) is 0 Å². The highest BCUT2D eigenvalue weighted by atomic mass is 16.5. The number of aryl methyl sites for hydroxylation is 2. The highest BCUT2D eigenvalue weighted by molar-refractivity contribution is 6.09. The zero-order valence-electron chi connectivity index (χ0n) is 19.7. The van der Waals surface area contributed by atoms with Crippen LogP contribution in [0.5, 0.6) is 5.75 Å². The molecular formula is C28H31NO3. The van der Waals surface area contributed by atoms with Gasteiger partial charge in [0.15, 0.2) is 11.9 Å². The molecule has 0 unspecified atom stereocenters. The van der Waals surface area contributed by atoms with Gasteiger partial charge in [0.25, 0.3) is 5.91 Å². The van der Waals surface area contributed by atoms with E-state index in [1.165, 1.54) is 5.56 Å². The van der Waals surface area contributed by atoms with Gasteiger partial charge in [0, 0.05) is 16.8 Å². The monoisotopic (exact) mass is 429 g/mol. The van der Waals surface area contributed by atoms with E-state index in [0.29, 0.717) is 22.6 Å². The number of ketones is 1. The van der Waals surface area contributed by atoms with Crippen LogP contribution in [0.25, 0.3) is 0 Å². The van der Waals surface area contributed by atoms with Crippen molar-refractivity contribution in [1.82, 2.24) is 0 Å². The van der Waals surface area contributed by atoms with Crippen molar-refractivity contribution >= 4 is 17.4 Å². The Bertz CT molecular complexity index is 1120. The van der Waals surface area contributed by atoms with Gasteiger partial charge < -0.3 is 10.1 Å². The number of carbonyl (C=O) groups is 2. The average Bonchev–Trinajstić information content (AvgIpc) is 2.75. The third-order valence-electron chi connectivity index (χ3n) is 5.42. The Balaban J connectivity index is 1.70. The molecule has 1 amide bonds. The minimum atomic E-state index is -0.681. The average molecular weight is 430 g/mol. The van der Waals surface area contributed by atoms with Crippen LogP contribution in [0, 0.1) is 13.8 Å². The van der Waals surface area contributed by atoms with E-state index in [-0.39, 0.29) is 17.1 Å². The molecule has 0 aliphatic heterocycles. The molecule has 4 nitrogen and oxygen atoms in total. The topological polar surface area (TPSA) is 55.4 Å². The Morgan fingerprint density at radius 2 is 1.56 bits per heavy atom. The molecular weight excluding hydrogens is 398 g/mol. The smallest absolute Gasteiger partial charge is 0.265 e. The van der Waals surface area contributed by atoms with Gasteiger partial charge in [0.1, 0.15) is 5.75 Å². The molecule has 1 atom stereocenters. The number of ether oxygens (including phenoxy) is 1. The quantitative estimate of drug-likeness (QED) is 0.472. The van der Waals surface area contributed by atoms with Crippen molar-refractivity contribution in [2.24, 2.45) is 0 Å². The standard InChI is InChI=1S/C28H31NO3/c1-18-10-11-19(2)25(16-18)32-20(3)27(31)29-24-9-7-8-22(17-24)26(30)21-12-14-23(15-13-21)28(4,5)6/h7-17,20H,1-6H3,(H,29,31)/t20-/m1/s1. The molecule has 1 N–H and O–H groups in total. The van der Waals surface area contributed by atoms with Crippen molar-refractivity contribution in [3.05, 3.63) is 94.5 Å². The second-order valence-corrected chi connectivity index (χ2v) is 9.26. The molecule has 0 saturated carbocycles. The number of hydrogen-bond donors (Lipinski definition) is 1. The van der Waals surface area contributed by atoms with E-state index in [1.54, 1.807) is 31.2 Å². The Morgan fingerprint density at radius 1 is 0.875 bits per heavy atom. The van der Waals surface area contributed by atoms with Gasteiger partial charge in [-0.25, -0.2) is 0 Å². The van der Waals surface area contributed by atoms with E-state index in [9.17, 15) is 9.59 Å². The number of amides is 1. The van der Waals surface area contributed by atoms with Crippen LogP contribution in [0.3, 0.4) is 0 Å². The van der Waals surface area contributed by atoms with Crippen molar-refractivity contribution in [1.29, 1.82) is 0 Å². The third kappa shape index (κ3) is 5.64. The zero-order valence-corrected chi connectivity index (χ0v) is 19.7. The van der Waals surface area contributed by atoms with Gasteiger partial charge in [-0.1, -0.05) is 69.3 Å². The van der Waals surface area contributed by atoms with Crippen LogP contribution in [0.4, 0.5) is 5.69 Å². The lowest BCUT2D eigenvalue weighted by Crippen LogP contribution is -2.30. The van der Waals surface area contributed by atoms with E-state index in [4.69, 9.17) is 4.74 Å². The predicted molar refractivity (Wildman–Crippen MR) is 130 cm³/mol. The summed E-state index contributed by atoms with van der Waals surface area (Å²) in [6, 6.07) is 20.6. The lowest BCUT2D eigenvalue weighted by Gasteiger charge is -2.19. The van der Waals surface area contributed by atoms with E-state index in [0.717, 1.165) is 11.1 Å². The summed E-state index contributed by atoms with van der Waals surface area (Å²) >= 11 is 0. The molecule has 32 heavy (non-hydrogen) atoms. The summed E-state index contributed by atoms with van der Waals surface area (Å²) in [5, 5.41) is 2.86. The van der Waals surface area contributed by atoms with Crippen molar-refractivity contribution in [2.45, 2.75) is 53.1 Å². The first-order valence-electron chi connectivity index (χ1n) is 10.8. The zero-order chi connectivity index (χ0) is 23.5. The van der Waals surface area contributed by atoms with Crippen molar-refractivity contribution in [3.8, 4) is 5.75 Å². The predicted octanol–water partition coefficient (Wildman–Crippen LogP) is 6.24. The first kappa shape index (κ1) is 23.3. The number of hydrogen-bond acceptors (Lipinski definition) is 3.